The third kappa shape index (κ3) is 3.75. The van der Waals surface area contributed by atoms with E-state index in [0.717, 1.165) is 31.6 Å². The first-order valence-corrected chi connectivity index (χ1v) is 8.27. The molecule has 1 fully saturated rings. The Morgan fingerprint density at radius 2 is 2.14 bits per heavy atom. The zero-order valence-corrected chi connectivity index (χ0v) is 13.1. The highest BCUT2D eigenvalue weighted by atomic mass is 32.1. The number of benzene rings is 1. The van der Waals surface area contributed by atoms with Crippen LogP contribution in [0.1, 0.15) is 28.3 Å². The molecule has 1 aromatic carbocycles. The molecule has 0 aliphatic carbocycles. The van der Waals surface area contributed by atoms with Gasteiger partial charge in [-0.15, -0.1) is 11.3 Å². The van der Waals surface area contributed by atoms with Crippen LogP contribution in [0.4, 0.5) is 4.39 Å². The fourth-order valence-corrected chi connectivity index (χ4v) is 3.73. The Hall–Kier alpha value is -1.67. The molecule has 1 aliphatic heterocycles. The predicted molar refractivity (Wildman–Crippen MR) is 87.3 cm³/mol. The summed E-state index contributed by atoms with van der Waals surface area (Å²) in [6.45, 7) is 2.92. The molecule has 0 unspecified atom stereocenters. The molecule has 3 rings (SSSR count). The van der Waals surface area contributed by atoms with Crippen LogP contribution < -0.4 is 0 Å². The van der Waals surface area contributed by atoms with Crippen LogP contribution in [0.3, 0.4) is 0 Å². The van der Waals surface area contributed by atoms with E-state index >= 15 is 0 Å². The van der Waals surface area contributed by atoms with Gasteiger partial charge in [-0.3, -0.25) is 4.90 Å². The van der Waals surface area contributed by atoms with Gasteiger partial charge in [0.05, 0.1) is 0 Å². The summed E-state index contributed by atoms with van der Waals surface area (Å²) in [5, 5.41) is 10.8. The standard InChI is InChI=1S/C18H18FNOS/c19-17-5-3-15(4-6-17)16-7-8-20(11-16)12-18-10-14(13-22-18)2-1-9-21/h3-6,10,13,16,21H,7-9,11-12H2/t16-/m0/s1. The Balaban J connectivity index is 1.58. The van der Waals surface area contributed by atoms with Gasteiger partial charge >= 0.3 is 0 Å². The van der Waals surface area contributed by atoms with Crippen LogP contribution in [-0.4, -0.2) is 29.7 Å². The number of likely N-dealkylation sites (tertiary alicyclic amines) is 1. The Kier molecular flexibility index (Phi) is 4.89. The van der Waals surface area contributed by atoms with Crippen LogP contribution in [0.25, 0.3) is 0 Å². The highest BCUT2D eigenvalue weighted by molar-refractivity contribution is 7.10. The molecule has 1 saturated heterocycles. The minimum atomic E-state index is -0.172. The minimum absolute atomic E-state index is 0.101. The van der Waals surface area contributed by atoms with E-state index in [1.165, 1.54) is 10.4 Å². The summed E-state index contributed by atoms with van der Waals surface area (Å²) < 4.78 is 13.0. The number of aliphatic hydroxyl groups excluding tert-OH is 1. The highest BCUT2D eigenvalue weighted by Gasteiger charge is 2.24. The number of rotatable bonds is 3. The van der Waals surface area contributed by atoms with Crippen LogP contribution in [0.15, 0.2) is 35.7 Å². The van der Waals surface area contributed by atoms with Crippen molar-refractivity contribution in [2.24, 2.45) is 0 Å². The summed E-state index contributed by atoms with van der Waals surface area (Å²) in [4.78, 5) is 3.73. The van der Waals surface area contributed by atoms with Crippen molar-refractivity contribution in [3.8, 4) is 11.8 Å². The summed E-state index contributed by atoms with van der Waals surface area (Å²) in [5.41, 5.74) is 2.20. The number of halogens is 1. The molecule has 0 saturated carbocycles. The van der Waals surface area contributed by atoms with Crippen molar-refractivity contribution in [2.75, 3.05) is 19.7 Å². The van der Waals surface area contributed by atoms with Crippen molar-refractivity contribution in [1.29, 1.82) is 0 Å². The van der Waals surface area contributed by atoms with E-state index in [4.69, 9.17) is 5.11 Å². The van der Waals surface area contributed by atoms with Gasteiger partial charge in [-0.1, -0.05) is 24.0 Å². The van der Waals surface area contributed by atoms with Crippen LogP contribution in [0.2, 0.25) is 0 Å². The first-order chi connectivity index (χ1) is 10.7. The van der Waals surface area contributed by atoms with E-state index < -0.39 is 0 Å². The zero-order chi connectivity index (χ0) is 15.4. The Bertz CT molecular complexity index is 683. The fraction of sp³-hybridized carbons (Fsp3) is 0.333. The van der Waals surface area contributed by atoms with E-state index in [-0.39, 0.29) is 12.4 Å². The zero-order valence-electron chi connectivity index (χ0n) is 12.3. The van der Waals surface area contributed by atoms with E-state index in [2.05, 4.69) is 22.8 Å². The van der Waals surface area contributed by atoms with Crippen LogP contribution in [0.5, 0.6) is 0 Å². The SMILES string of the molecule is OCC#Cc1csc(CN2CC[C@H](c3ccc(F)cc3)C2)c1. The molecule has 2 aromatic rings. The maximum atomic E-state index is 13.0. The third-order valence-corrected chi connectivity index (χ3v) is 4.88. The van der Waals surface area contributed by atoms with Gasteiger partial charge in [0, 0.05) is 28.9 Å². The van der Waals surface area contributed by atoms with Gasteiger partial charge < -0.3 is 5.11 Å². The lowest BCUT2D eigenvalue weighted by molar-refractivity contribution is 0.330. The lowest BCUT2D eigenvalue weighted by Crippen LogP contribution is -2.19. The normalized spacial score (nSPS) is 18.2. The largest absolute Gasteiger partial charge is 0.384 e. The van der Waals surface area contributed by atoms with Gasteiger partial charge in [0.2, 0.25) is 0 Å². The van der Waals surface area contributed by atoms with Crippen LogP contribution >= 0.6 is 11.3 Å². The van der Waals surface area contributed by atoms with Gasteiger partial charge in [-0.05, 0) is 42.6 Å². The number of thiophene rings is 1. The van der Waals surface area contributed by atoms with Gasteiger partial charge in [-0.25, -0.2) is 4.39 Å². The molecule has 1 N–H and O–H groups in total. The molecule has 0 radical (unpaired) electrons. The molecule has 0 amide bonds. The van der Waals surface area contributed by atoms with E-state index in [1.54, 1.807) is 23.5 Å². The van der Waals surface area contributed by atoms with Crippen molar-refractivity contribution in [3.63, 3.8) is 0 Å². The first-order valence-electron chi connectivity index (χ1n) is 7.39. The quantitative estimate of drug-likeness (QED) is 0.879. The molecule has 2 nitrogen and oxygen atoms in total. The summed E-state index contributed by atoms with van der Waals surface area (Å²) >= 11 is 1.71. The number of nitrogens with zero attached hydrogens (tertiary/aromatic N) is 1. The van der Waals surface area contributed by atoms with Gasteiger partial charge in [-0.2, -0.15) is 0 Å². The molecule has 0 bridgehead atoms. The molecule has 1 aliphatic rings. The molecule has 1 atom stereocenters. The topological polar surface area (TPSA) is 23.5 Å². The second-order valence-electron chi connectivity index (χ2n) is 5.53. The van der Waals surface area contributed by atoms with Crippen molar-refractivity contribution in [1.82, 2.24) is 4.90 Å². The lowest BCUT2D eigenvalue weighted by Gasteiger charge is -2.15. The smallest absolute Gasteiger partial charge is 0.123 e. The monoisotopic (exact) mass is 315 g/mol. The molecular weight excluding hydrogens is 297 g/mol. The van der Waals surface area contributed by atoms with Crippen molar-refractivity contribution >= 4 is 11.3 Å². The second-order valence-corrected chi connectivity index (χ2v) is 6.53. The maximum Gasteiger partial charge on any atom is 0.123 e. The third-order valence-electron chi connectivity index (χ3n) is 3.96. The van der Waals surface area contributed by atoms with Gasteiger partial charge in [0.15, 0.2) is 0 Å². The van der Waals surface area contributed by atoms with Crippen LogP contribution in [0, 0.1) is 17.7 Å². The van der Waals surface area contributed by atoms with Crippen molar-refractivity contribution < 1.29 is 9.50 Å². The fourth-order valence-electron chi connectivity index (χ4n) is 2.87. The summed E-state index contributed by atoms with van der Waals surface area (Å²) in [7, 11) is 0. The Morgan fingerprint density at radius 1 is 1.32 bits per heavy atom. The molecular formula is C18H18FNOS. The summed E-state index contributed by atoms with van der Waals surface area (Å²) in [6, 6.07) is 8.99. The van der Waals surface area contributed by atoms with Gasteiger partial charge in [0.25, 0.3) is 0 Å². The Morgan fingerprint density at radius 3 is 2.91 bits per heavy atom. The maximum absolute atomic E-state index is 13.0. The molecule has 0 spiro atoms. The van der Waals surface area contributed by atoms with E-state index in [0.29, 0.717) is 5.92 Å². The number of hydrogen-bond acceptors (Lipinski definition) is 3. The first kappa shape index (κ1) is 15.2. The van der Waals surface area contributed by atoms with E-state index in [9.17, 15) is 4.39 Å². The minimum Gasteiger partial charge on any atom is -0.384 e. The number of aliphatic hydroxyl groups is 1. The van der Waals surface area contributed by atoms with Gasteiger partial charge in [0.1, 0.15) is 12.4 Å². The lowest BCUT2D eigenvalue weighted by atomic mass is 9.99. The van der Waals surface area contributed by atoms with Crippen molar-refractivity contribution in [2.45, 2.75) is 18.9 Å². The van der Waals surface area contributed by atoms with Crippen molar-refractivity contribution in [3.05, 3.63) is 57.5 Å². The summed E-state index contributed by atoms with van der Waals surface area (Å²) in [6.07, 6.45) is 1.12. The van der Waals surface area contributed by atoms with E-state index in [1.807, 2.05) is 17.5 Å². The molecule has 4 heteroatoms. The molecule has 1 aromatic heterocycles. The average molecular weight is 315 g/mol. The highest BCUT2D eigenvalue weighted by Crippen LogP contribution is 2.29. The number of hydrogen-bond donors (Lipinski definition) is 1. The Labute approximate surface area is 134 Å². The molecule has 2 heterocycles. The molecule has 114 valence electrons. The average Bonchev–Trinajstić information content (AvgIpc) is 3.16. The predicted octanol–water partition coefficient (Wildman–Crippen LogP) is 3.22. The summed E-state index contributed by atoms with van der Waals surface area (Å²) in [5.74, 6) is 5.93. The second kappa shape index (κ2) is 7.06. The van der Waals surface area contributed by atoms with Crippen LogP contribution in [-0.2, 0) is 6.54 Å². The molecule has 22 heavy (non-hydrogen) atoms.